The van der Waals surface area contributed by atoms with Crippen LogP contribution < -0.4 is 11.1 Å². The van der Waals surface area contributed by atoms with Gasteiger partial charge in [-0.2, -0.15) is 11.8 Å². The van der Waals surface area contributed by atoms with Gasteiger partial charge in [-0.05, 0) is 31.2 Å². The molecule has 20 heavy (non-hydrogen) atoms. The van der Waals surface area contributed by atoms with E-state index in [2.05, 4.69) is 10.2 Å². The number of hydrogen-bond acceptors (Lipinski definition) is 4. The van der Waals surface area contributed by atoms with E-state index >= 15 is 0 Å². The molecule has 2 rings (SSSR count). The van der Waals surface area contributed by atoms with Crippen LogP contribution in [0, 0.1) is 0 Å². The molecule has 1 unspecified atom stereocenters. The van der Waals surface area contributed by atoms with E-state index in [0.717, 1.165) is 35.8 Å². The number of amides is 1. The third-order valence-electron chi connectivity index (χ3n) is 3.41. The number of nitrogens with one attached hydrogen (secondary N) is 1. The van der Waals surface area contributed by atoms with Gasteiger partial charge in [-0.25, -0.2) is 0 Å². The minimum Gasteiger partial charge on any atom is -0.389 e. The summed E-state index contributed by atoms with van der Waals surface area (Å²) in [6.45, 7) is 3.90. The SMILES string of the molecule is CC(C(=O)Nc1ccc(C(N)=S)cc1)N1CCSCC1. The molecule has 0 spiro atoms. The highest BCUT2D eigenvalue weighted by Gasteiger charge is 2.22. The van der Waals surface area contributed by atoms with Gasteiger partial charge in [0.05, 0.1) is 6.04 Å². The highest BCUT2D eigenvalue weighted by molar-refractivity contribution is 7.99. The summed E-state index contributed by atoms with van der Waals surface area (Å²) in [4.78, 5) is 14.8. The zero-order valence-corrected chi connectivity index (χ0v) is 13.1. The van der Waals surface area contributed by atoms with Crippen molar-refractivity contribution in [2.45, 2.75) is 13.0 Å². The number of carbonyl (C=O) groups excluding carboxylic acids is 1. The van der Waals surface area contributed by atoms with Crippen molar-refractivity contribution in [1.29, 1.82) is 0 Å². The lowest BCUT2D eigenvalue weighted by molar-refractivity contribution is -0.120. The van der Waals surface area contributed by atoms with Crippen LogP contribution in [0.5, 0.6) is 0 Å². The first-order valence-electron chi connectivity index (χ1n) is 6.60. The lowest BCUT2D eigenvalue weighted by Gasteiger charge is -2.31. The molecule has 6 heteroatoms. The summed E-state index contributed by atoms with van der Waals surface area (Å²) in [5.41, 5.74) is 7.12. The zero-order chi connectivity index (χ0) is 14.5. The summed E-state index contributed by atoms with van der Waals surface area (Å²) >= 11 is 6.84. The lowest BCUT2D eigenvalue weighted by Crippen LogP contribution is -2.46. The summed E-state index contributed by atoms with van der Waals surface area (Å²) in [5, 5.41) is 2.93. The number of thiocarbonyl (C=S) groups is 1. The Morgan fingerprint density at radius 3 is 2.50 bits per heavy atom. The first-order chi connectivity index (χ1) is 9.58. The van der Waals surface area contributed by atoms with Gasteiger partial charge in [0, 0.05) is 35.8 Å². The van der Waals surface area contributed by atoms with Crippen molar-refractivity contribution in [3.05, 3.63) is 29.8 Å². The molecule has 1 saturated heterocycles. The maximum atomic E-state index is 12.2. The lowest BCUT2D eigenvalue weighted by atomic mass is 10.2. The smallest absolute Gasteiger partial charge is 0.241 e. The van der Waals surface area contributed by atoms with Crippen LogP contribution in [-0.2, 0) is 4.79 Å². The first-order valence-corrected chi connectivity index (χ1v) is 8.17. The molecule has 0 aromatic heterocycles. The van der Waals surface area contributed by atoms with E-state index < -0.39 is 0 Å². The minimum atomic E-state index is -0.105. The summed E-state index contributed by atoms with van der Waals surface area (Å²) in [7, 11) is 0. The van der Waals surface area contributed by atoms with Crippen molar-refractivity contribution in [1.82, 2.24) is 4.90 Å². The van der Waals surface area contributed by atoms with Crippen molar-refractivity contribution in [3.63, 3.8) is 0 Å². The van der Waals surface area contributed by atoms with Crippen LogP contribution in [0.2, 0.25) is 0 Å². The van der Waals surface area contributed by atoms with Gasteiger partial charge in [-0.1, -0.05) is 12.2 Å². The Kier molecular flexibility index (Phi) is 5.39. The normalized spacial score (nSPS) is 17.4. The molecule has 1 aromatic carbocycles. The third kappa shape index (κ3) is 3.94. The number of thioether (sulfide) groups is 1. The number of anilines is 1. The van der Waals surface area contributed by atoms with Gasteiger partial charge < -0.3 is 11.1 Å². The fraction of sp³-hybridized carbons (Fsp3) is 0.429. The molecule has 108 valence electrons. The van der Waals surface area contributed by atoms with Crippen LogP contribution in [0.1, 0.15) is 12.5 Å². The van der Waals surface area contributed by atoms with E-state index in [1.807, 2.05) is 43.0 Å². The van der Waals surface area contributed by atoms with Gasteiger partial charge in [0.15, 0.2) is 0 Å². The second kappa shape index (κ2) is 7.06. The molecule has 0 saturated carbocycles. The maximum Gasteiger partial charge on any atom is 0.241 e. The van der Waals surface area contributed by atoms with Crippen LogP contribution >= 0.6 is 24.0 Å². The minimum absolute atomic E-state index is 0.0278. The molecule has 1 fully saturated rings. The van der Waals surface area contributed by atoms with E-state index in [4.69, 9.17) is 18.0 Å². The largest absolute Gasteiger partial charge is 0.389 e. The Hall–Kier alpha value is -1.11. The maximum absolute atomic E-state index is 12.2. The molecule has 0 aliphatic carbocycles. The Balaban J connectivity index is 1.94. The van der Waals surface area contributed by atoms with Crippen LogP contribution in [0.25, 0.3) is 0 Å². The van der Waals surface area contributed by atoms with Crippen LogP contribution in [0.4, 0.5) is 5.69 Å². The Labute approximate surface area is 129 Å². The van der Waals surface area contributed by atoms with Crippen LogP contribution in [0.15, 0.2) is 24.3 Å². The van der Waals surface area contributed by atoms with Gasteiger partial charge in [0.1, 0.15) is 4.99 Å². The standard InChI is InChI=1S/C14H19N3OS2/c1-10(17-6-8-20-9-7-17)14(18)16-12-4-2-11(3-5-12)13(15)19/h2-5,10H,6-9H2,1H3,(H2,15,19)(H,16,18). The highest BCUT2D eigenvalue weighted by atomic mass is 32.2. The monoisotopic (exact) mass is 309 g/mol. The molecule has 1 atom stereocenters. The Bertz CT molecular complexity index is 484. The van der Waals surface area contributed by atoms with Crippen molar-refractivity contribution in [2.75, 3.05) is 29.9 Å². The summed E-state index contributed by atoms with van der Waals surface area (Å²) in [6.07, 6.45) is 0. The second-order valence-corrected chi connectivity index (χ2v) is 6.42. The number of rotatable bonds is 4. The summed E-state index contributed by atoms with van der Waals surface area (Å²) in [5.74, 6) is 2.22. The molecule has 1 aromatic rings. The first kappa shape index (κ1) is 15.3. The third-order valence-corrected chi connectivity index (χ3v) is 4.59. The molecule has 0 radical (unpaired) electrons. The molecule has 1 aliphatic heterocycles. The van der Waals surface area contributed by atoms with Crippen molar-refractivity contribution < 1.29 is 4.79 Å². The van der Waals surface area contributed by atoms with Crippen molar-refractivity contribution >= 4 is 40.6 Å². The molecule has 0 bridgehead atoms. The quantitative estimate of drug-likeness (QED) is 0.829. The molecule has 3 N–H and O–H groups in total. The van der Waals surface area contributed by atoms with Crippen LogP contribution in [0.3, 0.4) is 0 Å². The number of nitrogens with two attached hydrogens (primary N) is 1. The van der Waals surface area contributed by atoms with Gasteiger partial charge in [-0.3, -0.25) is 9.69 Å². The predicted molar refractivity (Wildman–Crippen MR) is 89.3 cm³/mol. The number of nitrogens with zero attached hydrogens (tertiary/aromatic N) is 1. The average molecular weight is 309 g/mol. The summed E-state index contributed by atoms with van der Waals surface area (Å²) < 4.78 is 0. The van der Waals surface area contributed by atoms with E-state index in [1.165, 1.54) is 0 Å². The van der Waals surface area contributed by atoms with E-state index in [9.17, 15) is 4.79 Å². The number of benzene rings is 1. The van der Waals surface area contributed by atoms with Gasteiger partial charge >= 0.3 is 0 Å². The molecule has 1 amide bonds. The van der Waals surface area contributed by atoms with Gasteiger partial charge in [0.2, 0.25) is 5.91 Å². The Morgan fingerprint density at radius 2 is 1.95 bits per heavy atom. The second-order valence-electron chi connectivity index (χ2n) is 4.76. The van der Waals surface area contributed by atoms with Crippen LogP contribution in [-0.4, -0.2) is 46.4 Å². The highest BCUT2D eigenvalue weighted by Crippen LogP contribution is 2.14. The average Bonchev–Trinajstić information content (AvgIpc) is 2.48. The molecular formula is C14H19N3OS2. The van der Waals surface area contributed by atoms with E-state index in [0.29, 0.717) is 4.99 Å². The molecular weight excluding hydrogens is 290 g/mol. The van der Waals surface area contributed by atoms with Crippen molar-refractivity contribution in [3.8, 4) is 0 Å². The zero-order valence-electron chi connectivity index (χ0n) is 11.5. The van der Waals surface area contributed by atoms with Gasteiger partial charge in [-0.15, -0.1) is 0 Å². The number of carbonyl (C=O) groups is 1. The van der Waals surface area contributed by atoms with Gasteiger partial charge in [0.25, 0.3) is 0 Å². The molecule has 1 heterocycles. The van der Waals surface area contributed by atoms with E-state index in [-0.39, 0.29) is 11.9 Å². The number of hydrogen-bond donors (Lipinski definition) is 2. The molecule has 1 aliphatic rings. The summed E-state index contributed by atoms with van der Waals surface area (Å²) in [6, 6.07) is 7.18. The van der Waals surface area contributed by atoms with E-state index in [1.54, 1.807) is 0 Å². The topological polar surface area (TPSA) is 58.4 Å². The van der Waals surface area contributed by atoms with Crippen molar-refractivity contribution in [2.24, 2.45) is 5.73 Å². The Morgan fingerprint density at radius 1 is 1.35 bits per heavy atom. The fourth-order valence-electron chi connectivity index (χ4n) is 2.10. The molecule has 4 nitrogen and oxygen atoms in total. The fourth-order valence-corrected chi connectivity index (χ4v) is 3.16. The predicted octanol–water partition coefficient (Wildman–Crippen LogP) is 1.70.